The number of pyridine rings is 1. The number of aromatic nitrogens is 1. The topological polar surface area (TPSA) is 90.0 Å². The molecule has 0 aliphatic carbocycles. The Morgan fingerprint density at radius 2 is 2.00 bits per heavy atom. The summed E-state index contributed by atoms with van der Waals surface area (Å²) in [5, 5.41) is 4.67. The number of allylic oxidation sites excluding steroid dienone is 2. The molecule has 4 heterocycles. The van der Waals surface area contributed by atoms with Gasteiger partial charge in [0.05, 0.1) is 37.7 Å². The molecule has 0 saturated carbocycles. The van der Waals surface area contributed by atoms with Crippen molar-refractivity contribution in [3.05, 3.63) is 107 Å². The number of ether oxygens (including phenoxy) is 3. The van der Waals surface area contributed by atoms with Crippen LogP contribution in [0.3, 0.4) is 0 Å². The minimum Gasteiger partial charge on any atom is -0.475 e. The fourth-order valence-electron chi connectivity index (χ4n) is 4.52. The number of hydrogen-bond acceptors (Lipinski definition) is 8. The zero-order chi connectivity index (χ0) is 30.4. The smallest absolute Gasteiger partial charge is 0.256 e. The summed E-state index contributed by atoms with van der Waals surface area (Å²) < 4.78 is 16.9. The van der Waals surface area contributed by atoms with E-state index >= 15 is 0 Å². The van der Waals surface area contributed by atoms with Gasteiger partial charge in [0.2, 0.25) is 5.88 Å². The van der Waals surface area contributed by atoms with E-state index in [1.807, 2.05) is 11.0 Å². The molecule has 0 unspecified atom stereocenters. The molecule has 3 aliphatic rings. The molecule has 9 heteroatoms. The molecular formula is C34H39N3O5S. The van der Waals surface area contributed by atoms with E-state index in [-0.39, 0.29) is 17.3 Å². The molecular weight excluding hydrogens is 562 g/mol. The molecule has 1 aromatic rings. The van der Waals surface area contributed by atoms with Crippen LogP contribution in [0.1, 0.15) is 44.6 Å². The van der Waals surface area contributed by atoms with E-state index in [0.717, 1.165) is 51.0 Å². The number of nitrogens with one attached hydrogen (secondary N) is 1. The number of ketones is 1. The van der Waals surface area contributed by atoms with Gasteiger partial charge in [0, 0.05) is 41.7 Å². The Morgan fingerprint density at radius 3 is 2.86 bits per heavy atom. The van der Waals surface area contributed by atoms with E-state index in [4.69, 9.17) is 14.2 Å². The van der Waals surface area contributed by atoms with E-state index in [0.29, 0.717) is 53.9 Å². The number of rotatable bonds is 5. The quantitative estimate of drug-likeness (QED) is 0.325. The molecule has 1 aromatic heterocycles. The number of hydrogen-bond donors (Lipinski definition) is 1. The highest BCUT2D eigenvalue weighted by molar-refractivity contribution is 8.10. The fourth-order valence-corrected chi connectivity index (χ4v) is 5.35. The maximum absolute atomic E-state index is 13.5. The van der Waals surface area contributed by atoms with Gasteiger partial charge in [0.15, 0.2) is 5.78 Å². The number of carbonyl (C=O) groups is 2. The third-order valence-electron chi connectivity index (χ3n) is 6.87. The first-order chi connectivity index (χ1) is 20.9. The first-order valence-corrected chi connectivity index (χ1v) is 15.4. The number of fused-ring (bicyclic) bond motifs is 3. The number of carbonyl (C=O) groups excluding carboxylic acids is 2. The van der Waals surface area contributed by atoms with Gasteiger partial charge in [-0.05, 0) is 67.7 Å². The summed E-state index contributed by atoms with van der Waals surface area (Å²) in [4.78, 5) is 33.7. The molecule has 0 spiro atoms. The summed E-state index contributed by atoms with van der Waals surface area (Å²) in [5.74, 6) is -0.162. The summed E-state index contributed by atoms with van der Waals surface area (Å²) in [6.07, 6.45) is 15.1. The molecule has 2 bridgehead atoms. The molecule has 43 heavy (non-hydrogen) atoms. The van der Waals surface area contributed by atoms with E-state index in [2.05, 4.69) is 35.3 Å². The average Bonchev–Trinajstić information content (AvgIpc) is 3.27. The van der Waals surface area contributed by atoms with Gasteiger partial charge in [-0.3, -0.25) is 9.59 Å². The molecule has 1 amide bonds. The number of nitrogens with zero attached hydrogens (tertiary/aromatic N) is 2. The second kappa shape index (κ2) is 16.7. The minimum atomic E-state index is -0.373. The lowest BCUT2D eigenvalue weighted by molar-refractivity contribution is -0.116. The maximum Gasteiger partial charge on any atom is 0.256 e. The van der Waals surface area contributed by atoms with Crippen molar-refractivity contribution in [1.82, 2.24) is 15.2 Å². The van der Waals surface area contributed by atoms with Crippen LogP contribution >= 0.6 is 11.8 Å². The summed E-state index contributed by atoms with van der Waals surface area (Å²) in [6.45, 7) is 13.4. The summed E-state index contributed by atoms with van der Waals surface area (Å²) >= 11 is 1.31. The van der Waals surface area contributed by atoms with Gasteiger partial charge in [-0.2, -0.15) is 0 Å². The Bertz CT molecular complexity index is 1410. The molecule has 0 fully saturated rings. The standard InChI is InChI=1S/C34H39N3O5S/c1-25(2)30-24-43-26(3)28-11-14-35-33(22-28)42-21-20-41-17-5-4-10-32(38)29-12-16-37(23-31(29)36-34(30)39)15-6-8-27-9-7-18-40-19-13-27/h4,9-11,14,16,22-24H,1,3,5-8,13,15,17-21H2,2H3,(H,36,39). The van der Waals surface area contributed by atoms with Crippen molar-refractivity contribution in [2.45, 2.75) is 39.0 Å². The Morgan fingerprint density at radius 1 is 1.16 bits per heavy atom. The zero-order valence-corrected chi connectivity index (χ0v) is 25.5. The lowest BCUT2D eigenvalue weighted by Gasteiger charge is -2.22. The first kappa shape index (κ1) is 32.0. The van der Waals surface area contributed by atoms with Gasteiger partial charge in [-0.15, -0.1) is 0 Å². The highest BCUT2D eigenvalue weighted by atomic mass is 32.2. The maximum atomic E-state index is 13.5. The highest BCUT2D eigenvalue weighted by Gasteiger charge is 2.21. The van der Waals surface area contributed by atoms with Gasteiger partial charge in [-0.1, -0.05) is 48.4 Å². The van der Waals surface area contributed by atoms with Crippen molar-refractivity contribution >= 4 is 28.4 Å². The predicted octanol–water partition coefficient (Wildman–Crippen LogP) is 6.00. The van der Waals surface area contributed by atoms with Crippen LogP contribution in [0.15, 0.2) is 101 Å². The van der Waals surface area contributed by atoms with Gasteiger partial charge in [0.1, 0.15) is 6.61 Å². The van der Waals surface area contributed by atoms with Gasteiger partial charge in [-0.25, -0.2) is 4.98 Å². The first-order valence-electron chi connectivity index (χ1n) is 14.5. The molecule has 0 atom stereocenters. The second-order valence-corrected chi connectivity index (χ2v) is 11.2. The second-order valence-electron chi connectivity index (χ2n) is 10.3. The largest absolute Gasteiger partial charge is 0.475 e. The van der Waals surface area contributed by atoms with Gasteiger partial charge < -0.3 is 24.4 Å². The third kappa shape index (κ3) is 10.1. The van der Waals surface area contributed by atoms with E-state index in [1.54, 1.807) is 43.1 Å². The molecule has 0 aromatic carbocycles. The SMILES string of the molecule is C=C(C)C1=CSC(=C)c2ccnc(c2)OCCOCCC=CC(=O)C2=C=CN(CCCC3=CCCOCC3)C=C2NC1=O. The molecule has 1 N–H and O–H groups in total. The Labute approximate surface area is 258 Å². The Hall–Kier alpha value is -3.88. The predicted molar refractivity (Wildman–Crippen MR) is 171 cm³/mol. The summed E-state index contributed by atoms with van der Waals surface area (Å²) in [7, 11) is 0. The van der Waals surface area contributed by atoms with Gasteiger partial charge in [0.25, 0.3) is 5.91 Å². The van der Waals surface area contributed by atoms with E-state index in [9.17, 15) is 9.59 Å². The van der Waals surface area contributed by atoms with Crippen molar-refractivity contribution in [3.8, 4) is 5.88 Å². The fraction of sp³-hybridized carbons (Fsp3) is 0.353. The van der Waals surface area contributed by atoms with Crippen LogP contribution in [-0.2, 0) is 19.1 Å². The molecule has 0 radical (unpaired) electrons. The molecule has 226 valence electrons. The normalized spacial score (nSPS) is 19.1. The third-order valence-corrected chi connectivity index (χ3v) is 7.74. The van der Waals surface area contributed by atoms with Crippen molar-refractivity contribution in [1.29, 1.82) is 0 Å². The van der Waals surface area contributed by atoms with Crippen molar-refractivity contribution in [2.75, 3.05) is 39.6 Å². The monoisotopic (exact) mass is 601 g/mol. The highest BCUT2D eigenvalue weighted by Crippen LogP contribution is 2.30. The van der Waals surface area contributed by atoms with Crippen LogP contribution < -0.4 is 10.1 Å². The van der Waals surface area contributed by atoms with Crippen LogP contribution in [0.4, 0.5) is 0 Å². The van der Waals surface area contributed by atoms with Crippen LogP contribution in [-0.4, -0.2) is 61.2 Å². The van der Waals surface area contributed by atoms with E-state index in [1.165, 1.54) is 23.4 Å². The zero-order valence-electron chi connectivity index (χ0n) is 24.7. The molecule has 0 saturated heterocycles. The van der Waals surface area contributed by atoms with Crippen molar-refractivity contribution in [2.24, 2.45) is 0 Å². The number of thioether (sulfide) groups is 1. The lowest BCUT2D eigenvalue weighted by atomic mass is 10.0. The summed E-state index contributed by atoms with van der Waals surface area (Å²) in [5.41, 5.74) is 7.00. The average molecular weight is 602 g/mol. The molecule has 4 rings (SSSR count). The van der Waals surface area contributed by atoms with Crippen molar-refractivity contribution in [3.63, 3.8) is 0 Å². The van der Waals surface area contributed by atoms with E-state index < -0.39 is 0 Å². The summed E-state index contributed by atoms with van der Waals surface area (Å²) in [6, 6.07) is 3.64. The van der Waals surface area contributed by atoms with Crippen LogP contribution in [0.5, 0.6) is 5.88 Å². The lowest BCUT2D eigenvalue weighted by Crippen LogP contribution is -2.30. The van der Waals surface area contributed by atoms with Crippen molar-refractivity contribution < 1.29 is 23.8 Å². The molecule has 8 nitrogen and oxygen atoms in total. The van der Waals surface area contributed by atoms with Gasteiger partial charge >= 0.3 is 0 Å². The minimum absolute atomic E-state index is 0.253. The molecule has 3 aliphatic heterocycles. The van der Waals surface area contributed by atoms with Crippen LogP contribution in [0.2, 0.25) is 0 Å². The Kier molecular flexibility index (Phi) is 12.4. The van der Waals surface area contributed by atoms with Crippen LogP contribution in [0, 0.1) is 0 Å². The van der Waals surface area contributed by atoms with Crippen LogP contribution in [0.25, 0.3) is 4.91 Å². The Balaban J connectivity index is 1.55. The number of amides is 1.